The van der Waals surface area contributed by atoms with Gasteiger partial charge in [0.05, 0.1) is 6.07 Å². The van der Waals surface area contributed by atoms with Crippen molar-refractivity contribution in [2.24, 2.45) is 0 Å². The molecule has 0 aliphatic heterocycles. The average Bonchev–Trinajstić information content (AvgIpc) is 2.46. The van der Waals surface area contributed by atoms with Crippen LogP contribution < -0.4 is 0 Å². The Morgan fingerprint density at radius 2 is 1.68 bits per heavy atom. The zero-order valence-electron chi connectivity index (χ0n) is 10.3. The van der Waals surface area contributed by atoms with Crippen LogP contribution in [0.4, 0.5) is 0 Å². The molecule has 92 valence electrons. The number of halogens is 1. The third-order valence-electron chi connectivity index (χ3n) is 2.65. The molecule has 0 unspecified atom stereocenters. The zero-order chi connectivity index (χ0) is 13.5. The van der Waals surface area contributed by atoms with Gasteiger partial charge in [-0.05, 0) is 28.8 Å². The van der Waals surface area contributed by atoms with Gasteiger partial charge < -0.3 is 0 Å². The highest BCUT2D eigenvalue weighted by Crippen LogP contribution is 2.17. The molecule has 0 aliphatic rings. The van der Waals surface area contributed by atoms with E-state index < -0.39 is 0 Å². The molecular weight excluding hydrogens is 254 g/mol. The van der Waals surface area contributed by atoms with E-state index in [1.807, 2.05) is 66.7 Å². The maximum Gasteiger partial charge on any atom is 0.0918 e. The average molecular weight is 266 g/mol. The molecule has 0 aliphatic carbocycles. The van der Waals surface area contributed by atoms with Crippen LogP contribution in [0.5, 0.6) is 0 Å². The van der Waals surface area contributed by atoms with Crippen LogP contribution in [0.15, 0.2) is 66.7 Å². The summed E-state index contributed by atoms with van der Waals surface area (Å²) < 4.78 is 0. The minimum absolute atomic E-state index is 0.716. The van der Waals surface area contributed by atoms with Crippen molar-refractivity contribution in [1.29, 1.82) is 5.26 Å². The standard InChI is InChI=1S/C17H12ClN/c18-17-10-7-14(8-11-17)6-9-16(12-13-19)15-4-2-1-3-5-15/h1-12H/b9-6+,16-12-. The summed E-state index contributed by atoms with van der Waals surface area (Å²) in [5, 5.41) is 9.57. The maximum atomic E-state index is 8.85. The lowest BCUT2D eigenvalue weighted by molar-refractivity contribution is 1.53. The van der Waals surface area contributed by atoms with Gasteiger partial charge in [-0.25, -0.2) is 0 Å². The smallest absolute Gasteiger partial charge is 0.0918 e. The van der Waals surface area contributed by atoms with Gasteiger partial charge in [-0.2, -0.15) is 5.26 Å². The first-order chi connectivity index (χ1) is 9.29. The number of hydrogen-bond donors (Lipinski definition) is 0. The number of allylic oxidation sites excluding steroid dienone is 3. The molecule has 0 spiro atoms. The number of nitrogens with zero attached hydrogens (tertiary/aromatic N) is 1. The third-order valence-corrected chi connectivity index (χ3v) is 2.90. The van der Waals surface area contributed by atoms with Gasteiger partial charge in [0.25, 0.3) is 0 Å². The Bertz CT molecular complexity index is 631. The summed E-state index contributed by atoms with van der Waals surface area (Å²) in [5.41, 5.74) is 2.96. The molecule has 0 radical (unpaired) electrons. The van der Waals surface area contributed by atoms with E-state index in [4.69, 9.17) is 16.9 Å². The summed E-state index contributed by atoms with van der Waals surface area (Å²) in [5.74, 6) is 0. The van der Waals surface area contributed by atoms with E-state index >= 15 is 0 Å². The van der Waals surface area contributed by atoms with Gasteiger partial charge in [-0.15, -0.1) is 0 Å². The minimum atomic E-state index is 0.716. The predicted molar refractivity (Wildman–Crippen MR) is 80.5 cm³/mol. The van der Waals surface area contributed by atoms with Gasteiger partial charge in [-0.1, -0.05) is 66.2 Å². The van der Waals surface area contributed by atoms with Crippen LogP contribution in [-0.2, 0) is 0 Å². The Morgan fingerprint density at radius 1 is 1.00 bits per heavy atom. The summed E-state index contributed by atoms with van der Waals surface area (Å²) in [6.07, 6.45) is 5.44. The number of nitriles is 1. The van der Waals surface area contributed by atoms with E-state index in [9.17, 15) is 0 Å². The molecule has 2 heteroatoms. The normalized spacial score (nSPS) is 11.5. The molecule has 2 rings (SSSR count). The molecule has 2 aromatic carbocycles. The molecule has 0 heterocycles. The first-order valence-corrected chi connectivity index (χ1v) is 6.26. The lowest BCUT2D eigenvalue weighted by Gasteiger charge is -2.00. The van der Waals surface area contributed by atoms with Crippen molar-refractivity contribution in [3.8, 4) is 6.07 Å². The van der Waals surface area contributed by atoms with E-state index in [0.717, 1.165) is 16.7 Å². The monoisotopic (exact) mass is 265 g/mol. The molecule has 1 nitrogen and oxygen atoms in total. The quantitative estimate of drug-likeness (QED) is 0.568. The minimum Gasteiger partial charge on any atom is -0.193 e. The molecule has 2 aromatic rings. The Balaban J connectivity index is 2.26. The highest BCUT2D eigenvalue weighted by Gasteiger charge is 1.96. The molecule has 0 aromatic heterocycles. The lowest BCUT2D eigenvalue weighted by atomic mass is 10.0. The van der Waals surface area contributed by atoms with E-state index in [0.29, 0.717) is 5.02 Å². The Morgan fingerprint density at radius 3 is 2.32 bits per heavy atom. The summed E-state index contributed by atoms with van der Waals surface area (Å²) in [6, 6.07) is 19.5. The van der Waals surface area contributed by atoms with Crippen molar-refractivity contribution < 1.29 is 0 Å². The SMILES string of the molecule is N#C/C=C(/C=C/c1ccc(Cl)cc1)c1ccccc1. The van der Waals surface area contributed by atoms with E-state index in [-0.39, 0.29) is 0 Å². The topological polar surface area (TPSA) is 23.8 Å². The van der Waals surface area contributed by atoms with Crippen LogP contribution in [0.1, 0.15) is 11.1 Å². The van der Waals surface area contributed by atoms with Crippen LogP contribution in [0.3, 0.4) is 0 Å². The van der Waals surface area contributed by atoms with E-state index in [1.165, 1.54) is 0 Å². The first kappa shape index (κ1) is 13.1. The van der Waals surface area contributed by atoms with Crippen molar-refractivity contribution in [2.45, 2.75) is 0 Å². The number of rotatable bonds is 3. The van der Waals surface area contributed by atoms with Gasteiger partial charge in [0.2, 0.25) is 0 Å². The van der Waals surface area contributed by atoms with Crippen molar-refractivity contribution >= 4 is 23.3 Å². The van der Waals surface area contributed by atoms with Crippen LogP contribution in [0, 0.1) is 11.3 Å². The number of hydrogen-bond acceptors (Lipinski definition) is 1. The summed E-state index contributed by atoms with van der Waals surface area (Å²) in [6.45, 7) is 0. The highest BCUT2D eigenvalue weighted by molar-refractivity contribution is 6.30. The van der Waals surface area contributed by atoms with Crippen molar-refractivity contribution in [3.63, 3.8) is 0 Å². The van der Waals surface area contributed by atoms with Crippen LogP contribution in [-0.4, -0.2) is 0 Å². The Hall–Kier alpha value is -2.30. The molecule has 0 fully saturated rings. The Labute approximate surface area is 118 Å². The van der Waals surface area contributed by atoms with E-state index in [1.54, 1.807) is 6.08 Å². The predicted octanol–water partition coefficient (Wildman–Crippen LogP) is 4.96. The highest BCUT2D eigenvalue weighted by atomic mass is 35.5. The van der Waals surface area contributed by atoms with Crippen molar-refractivity contribution in [3.05, 3.63) is 82.9 Å². The fraction of sp³-hybridized carbons (Fsp3) is 0. The first-order valence-electron chi connectivity index (χ1n) is 5.88. The second-order valence-electron chi connectivity index (χ2n) is 3.98. The zero-order valence-corrected chi connectivity index (χ0v) is 11.0. The molecule has 0 N–H and O–H groups in total. The maximum absolute atomic E-state index is 8.85. The fourth-order valence-electron chi connectivity index (χ4n) is 1.69. The summed E-state index contributed by atoms with van der Waals surface area (Å²) >= 11 is 5.84. The van der Waals surface area contributed by atoms with E-state index in [2.05, 4.69) is 6.07 Å². The van der Waals surface area contributed by atoms with Gasteiger partial charge in [-0.3, -0.25) is 0 Å². The van der Waals surface area contributed by atoms with Gasteiger partial charge in [0.1, 0.15) is 0 Å². The van der Waals surface area contributed by atoms with Gasteiger partial charge >= 0.3 is 0 Å². The molecule has 0 saturated heterocycles. The van der Waals surface area contributed by atoms with Crippen molar-refractivity contribution in [2.75, 3.05) is 0 Å². The second-order valence-corrected chi connectivity index (χ2v) is 4.42. The Kier molecular flexibility index (Phi) is 4.55. The van der Waals surface area contributed by atoms with Gasteiger partial charge in [0, 0.05) is 11.1 Å². The largest absolute Gasteiger partial charge is 0.193 e. The molecule has 0 amide bonds. The second kappa shape index (κ2) is 6.58. The fourth-order valence-corrected chi connectivity index (χ4v) is 1.81. The number of benzene rings is 2. The molecule has 0 saturated carbocycles. The lowest BCUT2D eigenvalue weighted by Crippen LogP contribution is -1.80. The van der Waals surface area contributed by atoms with Crippen LogP contribution in [0.25, 0.3) is 11.6 Å². The molecular formula is C17H12ClN. The third kappa shape index (κ3) is 3.84. The molecule has 19 heavy (non-hydrogen) atoms. The van der Waals surface area contributed by atoms with Gasteiger partial charge in [0.15, 0.2) is 0 Å². The summed E-state index contributed by atoms with van der Waals surface area (Å²) in [7, 11) is 0. The van der Waals surface area contributed by atoms with Crippen molar-refractivity contribution in [1.82, 2.24) is 0 Å². The molecule has 0 bridgehead atoms. The molecule has 0 atom stereocenters. The van der Waals surface area contributed by atoms with Crippen LogP contribution in [0.2, 0.25) is 5.02 Å². The van der Waals surface area contributed by atoms with Crippen LogP contribution >= 0.6 is 11.6 Å². The summed E-state index contributed by atoms with van der Waals surface area (Å²) in [4.78, 5) is 0.